The largest absolute Gasteiger partial charge is 0.308 e. The first kappa shape index (κ1) is 13.0. The van der Waals surface area contributed by atoms with E-state index in [1.807, 2.05) is 11.3 Å². The van der Waals surface area contributed by atoms with Crippen molar-refractivity contribution < 1.29 is 0 Å². The second kappa shape index (κ2) is 5.96. The van der Waals surface area contributed by atoms with Gasteiger partial charge >= 0.3 is 0 Å². The summed E-state index contributed by atoms with van der Waals surface area (Å²) in [6.45, 7) is 7.91. The number of aryl methyl sites for hydroxylation is 2. The van der Waals surface area contributed by atoms with Gasteiger partial charge in [0.2, 0.25) is 0 Å². The average Bonchev–Trinajstić information content (AvgIpc) is 2.83. The Morgan fingerprint density at radius 2 is 2.18 bits per heavy atom. The van der Waals surface area contributed by atoms with Crippen LogP contribution in [0.3, 0.4) is 0 Å². The van der Waals surface area contributed by atoms with E-state index in [9.17, 15) is 0 Å². The van der Waals surface area contributed by atoms with E-state index < -0.39 is 0 Å². The first-order chi connectivity index (χ1) is 8.20. The van der Waals surface area contributed by atoms with Gasteiger partial charge in [-0.3, -0.25) is 0 Å². The molecule has 0 bridgehead atoms. The summed E-state index contributed by atoms with van der Waals surface area (Å²) in [5.74, 6) is 0.725. The Labute approximate surface area is 109 Å². The molecule has 0 spiro atoms. The highest BCUT2D eigenvalue weighted by molar-refractivity contribution is 7.11. The van der Waals surface area contributed by atoms with E-state index in [2.05, 4.69) is 26.1 Å². The molecule has 0 aromatic carbocycles. The maximum Gasteiger partial charge on any atom is 0.110 e. The SMILES string of the molecule is CCCNC(CC(C)C)c1nc2c(s1)CCC2. The second-order valence-electron chi connectivity index (χ2n) is 5.41. The monoisotopic (exact) mass is 252 g/mol. The number of hydrogen-bond acceptors (Lipinski definition) is 3. The third-order valence-electron chi connectivity index (χ3n) is 3.26. The van der Waals surface area contributed by atoms with Gasteiger partial charge in [0.05, 0.1) is 11.7 Å². The first-order valence-corrected chi connectivity index (χ1v) is 7.74. The van der Waals surface area contributed by atoms with Crippen LogP contribution in [0, 0.1) is 5.92 Å². The van der Waals surface area contributed by atoms with Crippen LogP contribution < -0.4 is 5.32 Å². The number of nitrogens with one attached hydrogen (secondary N) is 1. The van der Waals surface area contributed by atoms with E-state index in [4.69, 9.17) is 4.98 Å². The minimum absolute atomic E-state index is 0.477. The molecular weight excluding hydrogens is 228 g/mol. The molecule has 3 heteroatoms. The lowest BCUT2D eigenvalue weighted by atomic mass is 10.0. The van der Waals surface area contributed by atoms with Crippen molar-refractivity contribution in [3.05, 3.63) is 15.6 Å². The molecule has 0 saturated carbocycles. The Hall–Kier alpha value is -0.410. The van der Waals surface area contributed by atoms with Crippen LogP contribution in [0.5, 0.6) is 0 Å². The summed E-state index contributed by atoms with van der Waals surface area (Å²) in [5, 5.41) is 4.98. The fourth-order valence-corrected chi connectivity index (χ4v) is 3.66. The predicted molar refractivity (Wildman–Crippen MR) is 74.6 cm³/mol. The number of rotatable bonds is 6. The molecule has 0 fully saturated rings. The van der Waals surface area contributed by atoms with Crippen molar-refractivity contribution >= 4 is 11.3 Å². The molecule has 1 aromatic rings. The zero-order valence-electron chi connectivity index (χ0n) is 11.3. The lowest BCUT2D eigenvalue weighted by Crippen LogP contribution is -2.23. The topological polar surface area (TPSA) is 24.9 Å². The quantitative estimate of drug-likeness (QED) is 0.834. The zero-order chi connectivity index (χ0) is 12.3. The third kappa shape index (κ3) is 3.29. The molecule has 17 heavy (non-hydrogen) atoms. The summed E-state index contributed by atoms with van der Waals surface area (Å²) in [7, 11) is 0. The summed E-state index contributed by atoms with van der Waals surface area (Å²) in [6.07, 6.45) is 6.17. The van der Waals surface area contributed by atoms with E-state index in [-0.39, 0.29) is 0 Å². The lowest BCUT2D eigenvalue weighted by molar-refractivity contribution is 0.428. The highest BCUT2D eigenvalue weighted by Crippen LogP contribution is 2.32. The Kier molecular flexibility index (Phi) is 4.57. The molecule has 0 saturated heterocycles. The van der Waals surface area contributed by atoms with Crippen molar-refractivity contribution in [2.45, 2.75) is 58.9 Å². The molecule has 1 aliphatic carbocycles. The van der Waals surface area contributed by atoms with E-state index in [1.54, 1.807) is 4.88 Å². The molecule has 1 unspecified atom stereocenters. The number of thiazole rings is 1. The van der Waals surface area contributed by atoms with Gasteiger partial charge in [0.25, 0.3) is 0 Å². The van der Waals surface area contributed by atoms with Gasteiger partial charge in [0.15, 0.2) is 0 Å². The molecule has 0 amide bonds. The standard InChI is InChI=1S/C14H24N2S/c1-4-8-15-12(9-10(2)3)14-16-11-6-5-7-13(11)17-14/h10,12,15H,4-9H2,1-3H3. The molecule has 1 aliphatic rings. The molecule has 1 aromatic heterocycles. The summed E-state index contributed by atoms with van der Waals surface area (Å²) >= 11 is 1.95. The highest BCUT2D eigenvalue weighted by atomic mass is 32.1. The van der Waals surface area contributed by atoms with E-state index in [1.165, 1.54) is 42.8 Å². The molecule has 1 atom stereocenters. The van der Waals surface area contributed by atoms with Gasteiger partial charge in [-0.15, -0.1) is 11.3 Å². The first-order valence-electron chi connectivity index (χ1n) is 6.92. The lowest BCUT2D eigenvalue weighted by Gasteiger charge is -2.18. The molecular formula is C14H24N2S. The summed E-state index contributed by atoms with van der Waals surface area (Å²) < 4.78 is 0. The number of fused-ring (bicyclic) bond motifs is 1. The number of nitrogens with zero attached hydrogens (tertiary/aromatic N) is 1. The van der Waals surface area contributed by atoms with Crippen LogP contribution in [0.1, 0.15) is 61.7 Å². The van der Waals surface area contributed by atoms with Crippen LogP contribution in [0.2, 0.25) is 0 Å². The van der Waals surface area contributed by atoms with Crippen LogP contribution >= 0.6 is 11.3 Å². The fraction of sp³-hybridized carbons (Fsp3) is 0.786. The van der Waals surface area contributed by atoms with Gasteiger partial charge in [-0.2, -0.15) is 0 Å². The van der Waals surface area contributed by atoms with Gasteiger partial charge in [-0.1, -0.05) is 20.8 Å². The van der Waals surface area contributed by atoms with E-state index in [0.29, 0.717) is 6.04 Å². The highest BCUT2D eigenvalue weighted by Gasteiger charge is 2.22. The summed E-state index contributed by atoms with van der Waals surface area (Å²) in [6, 6.07) is 0.477. The van der Waals surface area contributed by atoms with Crippen LogP contribution in [0.4, 0.5) is 0 Å². The van der Waals surface area contributed by atoms with Crippen molar-refractivity contribution in [1.82, 2.24) is 10.3 Å². The van der Waals surface area contributed by atoms with Crippen molar-refractivity contribution in [3.63, 3.8) is 0 Å². The third-order valence-corrected chi connectivity index (χ3v) is 4.53. The summed E-state index contributed by atoms with van der Waals surface area (Å²) in [5.41, 5.74) is 1.39. The second-order valence-corrected chi connectivity index (χ2v) is 6.53. The fourth-order valence-electron chi connectivity index (χ4n) is 2.42. The summed E-state index contributed by atoms with van der Waals surface area (Å²) in [4.78, 5) is 6.40. The maximum absolute atomic E-state index is 4.85. The van der Waals surface area contributed by atoms with Crippen LogP contribution in [-0.2, 0) is 12.8 Å². The molecule has 1 heterocycles. The van der Waals surface area contributed by atoms with Gasteiger partial charge < -0.3 is 5.32 Å². The molecule has 96 valence electrons. The van der Waals surface area contributed by atoms with Crippen molar-refractivity contribution in [3.8, 4) is 0 Å². The minimum atomic E-state index is 0.477. The Balaban J connectivity index is 2.07. The average molecular weight is 252 g/mol. The van der Waals surface area contributed by atoms with Crippen LogP contribution in [0.15, 0.2) is 0 Å². The predicted octanol–water partition coefficient (Wildman–Crippen LogP) is 3.72. The molecule has 0 aliphatic heterocycles. The Morgan fingerprint density at radius 1 is 1.35 bits per heavy atom. The molecule has 1 N–H and O–H groups in total. The Morgan fingerprint density at radius 3 is 2.82 bits per heavy atom. The van der Waals surface area contributed by atoms with E-state index >= 15 is 0 Å². The zero-order valence-corrected chi connectivity index (χ0v) is 12.1. The van der Waals surface area contributed by atoms with Gasteiger partial charge in [-0.05, 0) is 44.6 Å². The smallest absolute Gasteiger partial charge is 0.110 e. The van der Waals surface area contributed by atoms with Crippen molar-refractivity contribution in [1.29, 1.82) is 0 Å². The normalized spacial score (nSPS) is 16.5. The van der Waals surface area contributed by atoms with Gasteiger partial charge in [-0.25, -0.2) is 4.98 Å². The molecule has 2 nitrogen and oxygen atoms in total. The maximum atomic E-state index is 4.85. The van der Waals surface area contributed by atoms with Crippen molar-refractivity contribution in [2.24, 2.45) is 5.92 Å². The number of hydrogen-bond donors (Lipinski definition) is 1. The molecule has 2 rings (SSSR count). The van der Waals surface area contributed by atoms with Gasteiger partial charge in [0.1, 0.15) is 5.01 Å². The van der Waals surface area contributed by atoms with Crippen LogP contribution in [-0.4, -0.2) is 11.5 Å². The minimum Gasteiger partial charge on any atom is -0.308 e. The van der Waals surface area contributed by atoms with Crippen LogP contribution in [0.25, 0.3) is 0 Å². The number of aromatic nitrogens is 1. The Bertz CT molecular complexity index is 336. The molecule has 0 radical (unpaired) electrons. The van der Waals surface area contributed by atoms with Gasteiger partial charge in [0, 0.05) is 4.88 Å². The van der Waals surface area contributed by atoms with E-state index in [0.717, 1.165) is 12.5 Å². The van der Waals surface area contributed by atoms with Crippen molar-refractivity contribution in [2.75, 3.05) is 6.54 Å².